The number of aromatic nitrogens is 2. The predicted molar refractivity (Wildman–Crippen MR) is 62.9 cm³/mol. The summed E-state index contributed by atoms with van der Waals surface area (Å²) in [5.74, 6) is 0.449. The minimum atomic E-state index is -4.48. The average Bonchev–Trinajstić information content (AvgIpc) is 2.66. The fourth-order valence-electron chi connectivity index (χ4n) is 1.44. The lowest BCUT2D eigenvalue weighted by molar-refractivity contribution is -0.137. The Hall–Kier alpha value is -1.69. The van der Waals surface area contributed by atoms with Crippen molar-refractivity contribution >= 4 is 23.2 Å². The highest BCUT2D eigenvalue weighted by Crippen LogP contribution is 2.36. The first kappa shape index (κ1) is 12.8. The Morgan fingerprint density at radius 3 is 2.61 bits per heavy atom. The Morgan fingerprint density at radius 1 is 1.33 bits per heavy atom. The first-order chi connectivity index (χ1) is 8.38. The van der Waals surface area contributed by atoms with Crippen LogP contribution in [0.15, 0.2) is 30.6 Å². The van der Waals surface area contributed by atoms with Gasteiger partial charge in [0.25, 0.3) is 0 Å². The number of alkyl halides is 3. The minimum absolute atomic E-state index is 0.279. The van der Waals surface area contributed by atoms with Crippen LogP contribution in [0.4, 0.5) is 24.8 Å². The SMILES string of the molecule is Cn1ccnc1Nc1ccc(Cl)c(C(F)(F)F)c1. The molecule has 7 heteroatoms. The molecule has 0 saturated carbocycles. The van der Waals surface area contributed by atoms with Crippen LogP contribution in [-0.2, 0) is 13.2 Å². The smallest absolute Gasteiger partial charge is 0.326 e. The van der Waals surface area contributed by atoms with Crippen molar-refractivity contribution in [2.24, 2.45) is 7.05 Å². The van der Waals surface area contributed by atoms with E-state index in [0.29, 0.717) is 5.95 Å². The van der Waals surface area contributed by atoms with Gasteiger partial charge in [-0.1, -0.05) is 11.6 Å². The minimum Gasteiger partial charge on any atom is -0.326 e. The molecule has 3 nitrogen and oxygen atoms in total. The highest BCUT2D eigenvalue weighted by molar-refractivity contribution is 6.31. The van der Waals surface area contributed by atoms with E-state index in [1.807, 2.05) is 0 Å². The summed E-state index contributed by atoms with van der Waals surface area (Å²) in [5, 5.41) is 2.46. The van der Waals surface area contributed by atoms with Gasteiger partial charge in [-0.15, -0.1) is 0 Å². The second-order valence-electron chi connectivity index (χ2n) is 3.68. The van der Waals surface area contributed by atoms with Gasteiger partial charge in [-0.05, 0) is 18.2 Å². The zero-order chi connectivity index (χ0) is 13.3. The van der Waals surface area contributed by atoms with Gasteiger partial charge in [0.05, 0.1) is 10.6 Å². The van der Waals surface area contributed by atoms with E-state index >= 15 is 0 Å². The molecule has 96 valence electrons. The van der Waals surface area contributed by atoms with Crippen LogP contribution in [0, 0.1) is 0 Å². The Morgan fingerprint density at radius 2 is 2.06 bits per heavy atom. The van der Waals surface area contributed by atoms with Gasteiger partial charge in [0.1, 0.15) is 0 Å². The third-order valence-electron chi connectivity index (χ3n) is 2.35. The Labute approximate surface area is 106 Å². The number of anilines is 2. The standard InChI is InChI=1S/C11H9ClF3N3/c1-18-5-4-16-10(18)17-7-2-3-9(12)8(6-7)11(13,14)15/h2-6H,1H3,(H,16,17). The molecule has 0 aliphatic heterocycles. The van der Waals surface area contributed by atoms with Gasteiger partial charge in [-0.3, -0.25) is 0 Å². The maximum Gasteiger partial charge on any atom is 0.417 e. The number of aryl methyl sites for hydroxylation is 1. The van der Waals surface area contributed by atoms with E-state index in [1.165, 1.54) is 12.1 Å². The summed E-state index contributed by atoms with van der Waals surface area (Å²) < 4.78 is 39.6. The quantitative estimate of drug-likeness (QED) is 0.902. The molecular weight excluding hydrogens is 267 g/mol. The van der Waals surface area contributed by atoms with Crippen molar-refractivity contribution in [2.45, 2.75) is 6.18 Å². The Kier molecular flexibility index (Phi) is 3.21. The van der Waals surface area contributed by atoms with Crippen LogP contribution in [0.5, 0.6) is 0 Å². The molecule has 1 heterocycles. The number of nitrogens with one attached hydrogen (secondary N) is 1. The van der Waals surface area contributed by atoms with Crippen LogP contribution >= 0.6 is 11.6 Å². The summed E-state index contributed by atoms with van der Waals surface area (Å²) in [6.07, 6.45) is -1.25. The van der Waals surface area contributed by atoms with Gasteiger partial charge in [0.15, 0.2) is 0 Å². The van der Waals surface area contributed by atoms with Crippen LogP contribution in [0.2, 0.25) is 5.02 Å². The van der Waals surface area contributed by atoms with Crippen molar-refractivity contribution in [2.75, 3.05) is 5.32 Å². The maximum absolute atomic E-state index is 12.7. The lowest BCUT2D eigenvalue weighted by Gasteiger charge is -2.12. The molecule has 18 heavy (non-hydrogen) atoms. The first-order valence-electron chi connectivity index (χ1n) is 4.99. The Bertz CT molecular complexity index is 563. The summed E-state index contributed by atoms with van der Waals surface area (Å²) in [5.41, 5.74) is -0.593. The molecule has 1 aromatic carbocycles. The molecule has 0 atom stereocenters. The topological polar surface area (TPSA) is 29.9 Å². The van der Waals surface area contributed by atoms with Gasteiger partial charge in [-0.2, -0.15) is 13.2 Å². The van der Waals surface area contributed by atoms with Crippen molar-refractivity contribution in [1.29, 1.82) is 0 Å². The molecule has 0 amide bonds. The zero-order valence-corrected chi connectivity index (χ0v) is 10.0. The molecule has 0 spiro atoms. The summed E-state index contributed by atoms with van der Waals surface area (Å²) in [6.45, 7) is 0. The number of hydrogen-bond donors (Lipinski definition) is 1. The van der Waals surface area contributed by atoms with Crippen molar-refractivity contribution in [1.82, 2.24) is 9.55 Å². The summed E-state index contributed by atoms with van der Waals surface area (Å²) in [4.78, 5) is 3.96. The zero-order valence-electron chi connectivity index (χ0n) is 9.29. The number of nitrogens with zero attached hydrogens (tertiary/aromatic N) is 2. The lowest BCUT2D eigenvalue weighted by atomic mass is 10.2. The van der Waals surface area contributed by atoms with Gasteiger partial charge in [0.2, 0.25) is 5.95 Å². The van der Waals surface area contributed by atoms with Crippen LogP contribution in [0.25, 0.3) is 0 Å². The number of hydrogen-bond acceptors (Lipinski definition) is 2. The van der Waals surface area contributed by atoms with Gasteiger partial charge < -0.3 is 9.88 Å². The molecule has 0 bridgehead atoms. The van der Waals surface area contributed by atoms with Crippen molar-refractivity contribution < 1.29 is 13.2 Å². The monoisotopic (exact) mass is 275 g/mol. The molecule has 1 aromatic heterocycles. The van der Waals surface area contributed by atoms with E-state index in [9.17, 15) is 13.2 Å². The van der Waals surface area contributed by atoms with E-state index in [-0.39, 0.29) is 10.7 Å². The summed E-state index contributed by atoms with van der Waals surface area (Å²) in [6, 6.07) is 3.62. The number of halogens is 4. The van der Waals surface area contributed by atoms with Crippen molar-refractivity contribution in [3.63, 3.8) is 0 Å². The van der Waals surface area contributed by atoms with E-state index in [4.69, 9.17) is 11.6 Å². The third kappa shape index (κ3) is 2.59. The third-order valence-corrected chi connectivity index (χ3v) is 2.68. The van der Waals surface area contributed by atoms with E-state index < -0.39 is 11.7 Å². The van der Waals surface area contributed by atoms with Gasteiger partial charge in [0, 0.05) is 25.1 Å². The fraction of sp³-hybridized carbons (Fsp3) is 0.182. The van der Waals surface area contributed by atoms with Crippen LogP contribution in [0.1, 0.15) is 5.56 Å². The van der Waals surface area contributed by atoms with Crippen LogP contribution in [-0.4, -0.2) is 9.55 Å². The van der Waals surface area contributed by atoms with Crippen molar-refractivity contribution in [3.8, 4) is 0 Å². The second kappa shape index (κ2) is 4.53. The molecule has 0 unspecified atom stereocenters. The highest BCUT2D eigenvalue weighted by atomic mass is 35.5. The fourth-order valence-corrected chi connectivity index (χ4v) is 1.66. The molecule has 0 aliphatic rings. The second-order valence-corrected chi connectivity index (χ2v) is 4.09. The largest absolute Gasteiger partial charge is 0.417 e. The summed E-state index contributed by atoms with van der Waals surface area (Å²) >= 11 is 5.53. The van der Waals surface area contributed by atoms with E-state index in [2.05, 4.69) is 10.3 Å². The predicted octanol–water partition coefficient (Wildman–Crippen LogP) is 3.84. The number of imidazole rings is 1. The summed E-state index contributed by atoms with van der Waals surface area (Å²) in [7, 11) is 1.73. The highest BCUT2D eigenvalue weighted by Gasteiger charge is 2.33. The van der Waals surface area contributed by atoms with Crippen LogP contribution in [0.3, 0.4) is 0 Å². The van der Waals surface area contributed by atoms with E-state index in [1.54, 1.807) is 24.0 Å². The van der Waals surface area contributed by atoms with Gasteiger partial charge in [-0.25, -0.2) is 4.98 Å². The van der Waals surface area contributed by atoms with Crippen LogP contribution < -0.4 is 5.32 Å². The Balaban J connectivity index is 2.33. The van der Waals surface area contributed by atoms with Gasteiger partial charge >= 0.3 is 6.18 Å². The molecule has 0 saturated heterocycles. The normalized spacial score (nSPS) is 11.6. The molecule has 2 rings (SSSR count). The van der Waals surface area contributed by atoms with Crippen molar-refractivity contribution in [3.05, 3.63) is 41.2 Å². The molecule has 0 aliphatic carbocycles. The van der Waals surface area contributed by atoms with E-state index in [0.717, 1.165) is 6.07 Å². The first-order valence-corrected chi connectivity index (χ1v) is 5.37. The number of benzene rings is 1. The molecule has 0 fully saturated rings. The molecule has 1 N–H and O–H groups in total. The maximum atomic E-state index is 12.7. The molecule has 0 radical (unpaired) electrons. The molecular formula is C11H9ClF3N3. The average molecular weight is 276 g/mol. The lowest BCUT2D eigenvalue weighted by Crippen LogP contribution is -2.07. The number of rotatable bonds is 2. The molecule has 2 aromatic rings.